The lowest BCUT2D eigenvalue weighted by molar-refractivity contribution is -0.127. The summed E-state index contributed by atoms with van der Waals surface area (Å²) in [7, 11) is 0. The lowest BCUT2D eigenvalue weighted by Crippen LogP contribution is -2.35. The summed E-state index contributed by atoms with van der Waals surface area (Å²) in [6.07, 6.45) is 5.17. The molecule has 6 heteroatoms. The van der Waals surface area contributed by atoms with Crippen LogP contribution < -0.4 is 10.6 Å². The van der Waals surface area contributed by atoms with E-state index in [0.29, 0.717) is 25.1 Å². The number of benzene rings is 1. The second kappa shape index (κ2) is 8.17. The van der Waals surface area contributed by atoms with Crippen molar-refractivity contribution in [1.82, 2.24) is 15.5 Å². The first-order valence-electron chi connectivity index (χ1n) is 7.40. The number of likely N-dealkylation sites (tertiary alicyclic amines) is 1. The lowest BCUT2D eigenvalue weighted by atomic mass is 10.2. The van der Waals surface area contributed by atoms with E-state index in [1.165, 1.54) is 18.3 Å². The van der Waals surface area contributed by atoms with Gasteiger partial charge in [-0.2, -0.15) is 0 Å². The van der Waals surface area contributed by atoms with Crippen LogP contribution in [0.5, 0.6) is 0 Å². The maximum absolute atomic E-state index is 13.3. The summed E-state index contributed by atoms with van der Waals surface area (Å²) in [6, 6.07) is 5.97. The van der Waals surface area contributed by atoms with E-state index >= 15 is 0 Å². The van der Waals surface area contributed by atoms with Crippen LogP contribution in [0.4, 0.5) is 9.18 Å². The first-order valence-corrected chi connectivity index (χ1v) is 7.40. The van der Waals surface area contributed by atoms with Crippen molar-refractivity contribution in [2.45, 2.75) is 19.3 Å². The molecule has 1 aromatic rings. The number of rotatable bonds is 6. The molecule has 0 spiro atoms. The van der Waals surface area contributed by atoms with Crippen LogP contribution in [0.3, 0.4) is 0 Å². The third kappa shape index (κ3) is 4.87. The van der Waals surface area contributed by atoms with E-state index in [0.717, 1.165) is 19.4 Å². The molecule has 1 heterocycles. The number of nitrogens with zero attached hydrogens (tertiary/aromatic N) is 1. The number of carbonyl (C=O) groups is 2. The van der Waals surface area contributed by atoms with Crippen molar-refractivity contribution in [3.05, 3.63) is 41.8 Å². The van der Waals surface area contributed by atoms with Crippen molar-refractivity contribution < 1.29 is 14.0 Å². The van der Waals surface area contributed by atoms with E-state index in [4.69, 9.17) is 0 Å². The Bertz CT molecular complexity index is 560. The summed E-state index contributed by atoms with van der Waals surface area (Å²) in [5.74, 6) is -0.145. The Balaban J connectivity index is 1.62. The third-order valence-corrected chi connectivity index (χ3v) is 3.44. The van der Waals surface area contributed by atoms with Crippen molar-refractivity contribution >= 4 is 18.0 Å². The summed E-state index contributed by atoms with van der Waals surface area (Å²) < 4.78 is 13.3. The van der Waals surface area contributed by atoms with Gasteiger partial charge in [-0.3, -0.25) is 4.79 Å². The number of carbonyl (C=O) groups excluding carboxylic acids is 2. The largest absolute Gasteiger partial charge is 0.343 e. The highest BCUT2D eigenvalue weighted by Crippen LogP contribution is 2.09. The van der Waals surface area contributed by atoms with E-state index in [1.54, 1.807) is 18.2 Å². The molecule has 1 aromatic carbocycles. The first kappa shape index (κ1) is 16.0. The molecule has 0 atom stereocenters. The molecule has 0 saturated carbocycles. The van der Waals surface area contributed by atoms with Gasteiger partial charge < -0.3 is 15.5 Å². The molecule has 118 valence electrons. The van der Waals surface area contributed by atoms with Crippen molar-refractivity contribution in [2.75, 3.05) is 19.6 Å². The van der Waals surface area contributed by atoms with Crippen LogP contribution in [0.2, 0.25) is 0 Å². The van der Waals surface area contributed by atoms with Gasteiger partial charge in [0.2, 0.25) is 5.91 Å². The summed E-state index contributed by atoms with van der Waals surface area (Å²) in [5, 5.41) is 5.21. The Morgan fingerprint density at radius 3 is 2.91 bits per heavy atom. The molecule has 0 unspecified atom stereocenters. The Morgan fingerprint density at radius 2 is 2.18 bits per heavy atom. The molecule has 2 rings (SSSR count). The van der Waals surface area contributed by atoms with Gasteiger partial charge in [0.1, 0.15) is 5.82 Å². The fourth-order valence-electron chi connectivity index (χ4n) is 2.28. The summed E-state index contributed by atoms with van der Waals surface area (Å²) in [6.45, 7) is 1.98. The standard InChI is InChI=1S/C16H20FN3O2/c17-14-6-2-1-5-13(14)8-10-19-16(22)18-9-4-12-20-11-3-7-15(20)21/h1-2,5-6,8,10H,3-4,7,9,11-12H2,(H2,18,19,22)/b10-8+. The third-order valence-electron chi connectivity index (χ3n) is 3.44. The zero-order chi connectivity index (χ0) is 15.8. The van der Waals surface area contributed by atoms with E-state index in [1.807, 2.05) is 4.90 Å². The Kier molecular flexibility index (Phi) is 5.94. The lowest BCUT2D eigenvalue weighted by Gasteiger charge is -2.15. The molecule has 1 aliphatic rings. The number of hydrogen-bond acceptors (Lipinski definition) is 2. The van der Waals surface area contributed by atoms with E-state index in [9.17, 15) is 14.0 Å². The minimum Gasteiger partial charge on any atom is -0.343 e. The minimum absolute atomic E-state index is 0.192. The highest BCUT2D eigenvalue weighted by Gasteiger charge is 2.18. The Hall–Kier alpha value is -2.37. The number of halogens is 1. The van der Waals surface area contributed by atoms with Gasteiger partial charge in [-0.05, 0) is 25.0 Å². The molecule has 5 nitrogen and oxygen atoms in total. The minimum atomic E-state index is -0.347. The van der Waals surface area contributed by atoms with Crippen molar-refractivity contribution in [1.29, 1.82) is 0 Å². The number of hydrogen-bond donors (Lipinski definition) is 2. The normalized spacial score (nSPS) is 14.6. The van der Waals surface area contributed by atoms with Gasteiger partial charge in [-0.15, -0.1) is 0 Å². The molecule has 2 N–H and O–H groups in total. The molecular formula is C16H20FN3O2. The summed E-state index contributed by atoms with van der Waals surface area (Å²) in [5.41, 5.74) is 0.412. The zero-order valence-corrected chi connectivity index (χ0v) is 12.3. The van der Waals surface area contributed by atoms with Crippen molar-refractivity contribution in [2.24, 2.45) is 0 Å². The summed E-state index contributed by atoms with van der Waals surface area (Å²) >= 11 is 0. The van der Waals surface area contributed by atoms with Gasteiger partial charge in [0.25, 0.3) is 0 Å². The smallest absolute Gasteiger partial charge is 0.318 e. The van der Waals surface area contributed by atoms with E-state index in [2.05, 4.69) is 10.6 Å². The Labute approximate surface area is 129 Å². The van der Waals surface area contributed by atoms with E-state index in [-0.39, 0.29) is 17.8 Å². The quantitative estimate of drug-likeness (QED) is 0.791. The van der Waals surface area contributed by atoms with Gasteiger partial charge in [-0.25, -0.2) is 9.18 Å². The highest BCUT2D eigenvalue weighted by atomic mass is 19.1. The summed E-state index contributed by atoms with van der Waals surface area (Å²) in [4.78, 5) is 24.7. The van der Waals surface area contributed by atoms with Crippen LogP contribution in [0.1, 0.15) is 24.8 Å². The average Bonchev–Trinajstić information content (AvgIpc) is 2.91. The van der Waals surface area contributed by atoms with Gasteiger partial charge in [-0.1, -0.05) is 18.2 Å². The molecule has 1 saturated heterocycles. The van der Waals surface area contributed by atoms with Gasteiger partial charge in [0, 0.05) is 37.8 Å². The Morgan fingerprint density at radius 1 is 1.36 bits per heavy atom. The van der Waals surface area contributed by atoms with Crippen LogP contribution in [-0.2, 0) is 4.79 Å². The highest BCUT2D eigenvalue weighted by molar-refractivity contribution is 5.78. The maximum Gasteiger partial charge on any atom is 0.318 e. The van der Waals surface area contributed by atoms with Gasteiger partial charge >= 0.3 is 6.03 Å². The van der Waals surface area contributed by atoms with Crippen LogP contribution >= 0.6 is 0 Å². The van der Waals surface area contributed by atoms with Crippen molar-refractivity contribution in [3.63, 3.8) is 0 Å². The topological polar surface area (TPSA) is 61.4 Å². The fraction of sp³-hybridized carbons (Fsp3) is 0.375. The van der Waals surface area contributed by atoms with Crippen molar-refractivity contribution in [3.8, 4) is 0 Å². The predicted molar refractivity (Wildman–Crippen MR) is 82.4 cm³/mol. The van der Waals surface area contributed by atoms with Crippen LogP contribution in [-0.4, -0.2) is 36.5 Å². The SMILES string of the molecule is O=C(N/C=C/c1ccccc1F)NCCCN1CCCC1=O. The zero-order valence-electron chi connectivity index (χ0n) is 12.3. The van der Waals surface area contributed by atoms with Crippen LogP contribution in [0, 0.1) is 5.82 Å². The molecule has 0 radical (unpaired) electrons. The fourth-order valence-corrected chi connectivity index (χ4v) is 2.28. The van der Waals surface area contributed by atoms with Crippen LogP contribution in [0.15, 0.2) is 30.5 Å². The molecule has 3 amide bonds. The second-order valence-corrected chi connectivity index (χ2v) is 5.09. The second-order valence-electron chi connectivity index (χ2n) is 5.09. The van der Waals surface area contributed by atoms with Gasteiger partial charge in [0.15, 0.2) is 0 Å². The molecular weight excluding hydrogens is 285 g/mol. The number of nitrogens with one attached hydrogen (secondary N) is 2. The molecule has 0 bridgehead atoms. The molecule has 0 aromatic heterocycles. The predicted octanol–water partition coefficient (Wildman–Crippen LogP) is 2.11. The molecule has 1 fully saturated rings. The van der Waals surface area contributed by atoms with Crippen LogP contribution in [0.25, 0.3) is 6.08 Å². The molecule has 22 heavy (non-hydrogen) atoms. The number of amides is 3. The maximum atomic E-state index is 13.3. The molecule has 1 aliphatic heterocycles. The van der Waals surface area contributed by atoms with Gasteiger partial charge in [0.05, 0.1) is 0 Å². The monoisotopic (exact) mass is 305 g/mol. The molecule has 0 aliphatic carbocycles. The van der Waals surface area contributed by atoms with E-state index < -0.39 is 0 Å². The number of urea groups is 1. The average molecular weight is 305 g/mol. The first-order chi connectivity index (χ1) is 10.7.